The number of fused-ring (bicyclic) bond motifs is 2. The highest BCUT2D eigenvalue weighted by Crippen LogP contribution is 2.38. The van der Waals surface area contributed by atoms with E-state index in [9.17, 15) is 34.8 Å². The number of amides is 1. The van der Waals surface area contributed by atoms with Gasteiger partial charge in [-0.15, -0.1) is 0 Å². The maximum absolute atomic E-state index is 13.3. The molecule has 1 aromatic carbocycles. The predicted octanol–water partition coefficient (Wildman–Crippen LogP) is 3.24. The Bertz CT molecular complexity index is 1570. The Kier molecular flexibility index (Phi) is 4.89. The molecule has 2 aliphatic rings. The molecule has 1 fully saturated rings. The fourth-order valence-electron chi connectivity index (χ4n) is 3.98. The molecule has 5 rings (SSSR count). The summed E-state index contributed by atoms with van der Waals surface area (Å²) in [6, 6.07) is 6.00. The first-order valence-corrected chi connectivity index (χ1v) is 13.5. The van der Waals surface area contributed by atoms with Crippen molar-refractivity contribution in [3.63, 3.8) is 0 Å². The number of hydrogen-bond donors (Lipinski definition) is 0. The van der Waals surface area contributed by atoms with Crippen molar-refractivity contribution in [1.29, 1.82) is 0 Å². The van der Waals surface area contributed by atoms with Gasteiger partial charge in [-0.25, -0.2) is 21.8 Å². The number of pyridine rings is 1. The second kappa shape index (κ2) is 7.28. The highest BCUT2D eigenvalue weighted by atomic mass is 32.2. The molecule has 0 bridgehead atoms. The number of anilines is 1. The van der Waals surface area contributed by atoms with Gasteiger partial charge in [0.05, 0.1) is 28.0 Å². The molecule has 0 radical (unpaired) electrons. The summed E-state index contributed by atoms with van der Waals surface area (Å²) in [6.07, 6.45) is -2.96. The molecule has 0 saturated heterocycles. The highest BCUT2D eigenvalue weighted by Gasteiger charge is 2.40. The van der Waals surface area contributed by atoms with Gasteiger partial charge in [-0.3, -0.25) is 14.1 Å². The summed E-state index contributed by atoms with van der Waals surface area (Å²) in [4.78, 5) is 18.5. The van der Waals surface area contributed by atoms with Crippen LogP contribution in [-0.4, -0.2) is 43.1 Å². The van der Waals surface area contributed by atoms with Crippen LogP contribution in [0.2, 0.25) is 0 Å². The first-order chi connectivity index (χ1) is 15.8. The van der Waals surface area contributed by atoms with Gasteiger partial charge < -0.3 is 0 Å². The van der Waals surface area contributed by atoms with Crippen LogP contribution in [0.25, 0.3) is 5.65 Å². The van der Waals surface area contributed by atoms with Gasteiger partial charge in [-0.2, -0.15) is 13.2 Å². The number of imidazole rings is 1. The number of aromatic nitrogens is 2. The molecule has 180 valence electrons. The van der Waals surface area contributed by atoms with E-state index in [4.69, 9.17) is 0 Å². The van der Waals surface area contributed by atoms with Crippen LogP contribution in [0.4, 0.5) is 19.0 Å². The SMILES string of the molecule is CCS(=O)(=O)c1c(N2Cc3ccc(S(=O)(=O)C4CC4)cc3C2=O)nc2ccc(C(F)(F)F)cn12. The molecule has 3 heterocycles. The average Bonchev–Trinajstić information content (AvgIpc) is 3.49. The van der Waals surface area contributed by atoms with Gasteiger partial charge >= 0.3 is 6.18 Å². The number of alkyl halides is 3. The van der Waals surface area contributed by atoms with Gasteiger partial charge in [0.25, 0.3) is 5.91 Å². The third kappa shape index (κ3) is 3.49. The van der Waals surface area contributed by atoms with Gasteiger partial charge in [-0.1, -0.05) is 13.0 Å². The van der Waals surface area contributed by atoms with E-state index in [2.05, 4.69) is 4.98 Å². The Morgan fingerprint density at radius 2 is 1.79 bits per heavy atom. The van der Waals surface area contributed by atoms with E-state index in [0.29, 0.717) is 24.6 Å². The lowest BCUT2D eigenvalue weighted by Crippen LogP contribution is -2.26. The number of sulfone groups is 2. The molecule has 0 spiro atoms. The Hall–Kier alpha value is -2.93. The first-order valence-electron chi connectivity index (χ1n) is 10.4. The minimum absolute atomic E-state index is 0.00942. The van der Waals surface area contributed by atoms with E-state index >= 15 is 0 Å². The van der Waals surface area contributed by atoms with E-state index < -0.39 is 53.4 Å². The second-order valence-corrected chi connectivity index (χ2v) is 12.7. The fourth-order valence-corrected chi connectivity index (χ4v) is 6.81. The maximum Gasteiger partial charge on any atom is 0.417 e. The Labute approximate surface area is 192 Å². The number of carbonyl (C=O) groups is 1. The van der Waals surface area contributed by atoms with Crippen molar-refractivity contribution in [3.05, 3.63) is 53.2 Å². The molecule has 1 aliphatic heterocycles. The molecule has 1 saturated carbocycles. The van der Waals surface area contributed by atoms with Crippen molar-refractivity contribution < 1.29 is 34.8 Å². The molecular weight excluding hydrogens is 495 g/mol. The minimum atomic E-state index is -4.71. The topological polar surface area (TPSA) is 106 Å². The number of hydrogen-bond acceptors (Lipinski definition) is 6. The van der Waals surface area contributed by atoms with Crippen LogP contribution in [0.1, 0.15) is 41.3 Å². The zero-order chi connectivity index (χ0) is 24.6. The van der Waals surface area contributed by atoms with Crippen LogP contribution in [0.3, 0.4) is 0 Å². The third-order valence-corrected chi connectivity index (χ3v) is 9.98. The molecule has 0 N–H and O–H groups in total. The first kappa shape index (κ1) is 22.8. The minimum Gasteiger partial charge on any atom is -0.288 e. The van der Waals surface area contributed by atoms with Crippen LogP contribution >= 0.6 is 0 Å². The quantitative estimate of drug-likeness (QED) is 0.519. The van der Waals surface area contributed by atoms with Crippen molar-refractivity contribution in [2.45, 2.75) is 47.7 Å². The van der Waals surface area contributed by atoms with Gasteiger partial charge in [0.15, 0.2) is 30.5 Å². The molecule has 2 aromatic heterocycles. The Morgan fingerprint density at radius 1 is 1.09 bits per heavy atom. The summed E-state index contributed by atoms with van der Waals surface area (Å²) >= 11 is 0. The van der Waals surface area contributed by atoms with Crippen molar-refractivity contribution in [2.24, 2.45) is 0 Å². The number of benzene rings is 1. The van der Waals surface area contributed by atoms with E-state index in [0.717, 1.165) is 21.4 Å². The van der Waals surface area contributed by atoms with Gasteiger partial charge in [0.2, 0.25) is 0 Å². The van der Waals surface area contributed by atoms with Crippen LogP contribution in [-0.2, 0) is 32.4 Å². The highest BCUT2D eigenvalue weighted by molar-refractivity contribution is 7.92. The zero-order valence-corrected chi connectivity index (χ0v) is 19.3. The van der Waals surface area contributed by atoms with E-state index in [1.807, 2.05) is 0 Å². The number of nitrogens with zero attached hydrogens (tertiary/aromatic N) is 3. The average molecular weight is 514 g/mol. The van der Waals surface area contributed by atoms with Gasteiger partial charge in [0.1, 0.15) is 5.65 Å². The molecule has 13 heteroatoms. The number of rotatable bonds is 5. The normalized spacial score (nSPS) is 16.9. The van der Waals surface area contributed by atoms with Crippen molar-refractivity contribution in [3.8, 4) is 0 Å². The number of carbonyl (C=O) groups excluding carboxylic acids is 1. The molecule has 0 unspecified atom stereocenters. The molecule has 1 amide bonds. The van der Waals surface area contributed by atoms with Crippen LogP contribution in [0.5, 0.6) is 0 Å². The van der Waals surface area contributed by atoms with Crippen molar-refractivity contribution in [2.75, 3.05) is 10.7 Å². The van der Waals surface area contributed by atoms with E-state index in [1.165, 1.54) is 25.1 Å². The molecule has 0 atom stereocenters. The molecular formula is C21H18F3N3O5S2. The van der Waals surface area contributed by atoms with Gasteiger partial charge in [-0.05, 0) is 42.7 Å². The van der Waals surface area contributed by atoms with Gasteiger partial charge in [0, 0.05) is 11.8 Å². The summed E-state index contributed by atoms with van der Waals surface area (Å²) in [5.74, 6) is -1.40. The summed E-state index contributed by atoms with van der Waals surface area (Å²) in [6.45, 7) is 1.24. The summed E-state index contributed by atoms with van der Waals surface area (Å²) < 4.78 is 91.6. The fraction of sp³-hybridized carbons (Fsp3) is 0.333. The second-order valence-electron chi connectivity index (χ2n) is 8.24. The summed E-state index contributed by atoms with van der Waals surface area (Å²) in [5, 5.41) is -0.996. The maximum atomic E-state index is 13.3. The van der Waals surface area contributed by atoms with E-state index in [-0.39, 0.29) is 28.5 Å². The smallest absolute Gasteiger partial charge is 0.288 e. The van der Waals surface area contributed by atoms with E-state index in [1.54, 1.807) is 0 Å². The molecule has 8 nitrogen and oxygen atoms in total. The lowest BCUT2D eigenvalue weighted by Gasteiger charge is -2.15. The lowest BCUT2D eigenvalue weighted by molar-refractivity contribution is -0.137. The standard InChI is InChI=1S/C21H18F3N3O5S2/c1-2-33(29,30)20-18(25-17-8-4-13(11-26(17)20)21(22,23)24)27-10-12-3-5-15(9-16(12)19(27)28)34(31,32)14-6-7-14/h3-5,8-9,11,14H,2,6-7,10H2,1H3. The monoisotopic (exact) mass is 513 g/mol. The molecule has 34 heavy (non-hydrogen) atoms. The van der Waals surface area contributed by atoms with Crippen LogP contribution < -0.4 is 4.90 Å². The van der Waals surface area contributed by atoms with Crippen molar-refractivity contribution in [1.82, 2.24) is 9.38 Å². The largest absolute Gasteiger partial charge is 0.417 e. The zero-order valence-electron chi connectivity index (χ0n) is 17.7. The Morgan fingerprint density at radius 3 is 2.41 bits per heavy atom. The van der Waals surface area contributed by atoms with Crippen LogP contribution in [0.15, 0.2) is 46.5 Å². The number of halogens is 3. The van der Waals surface area contributed by atoms with Crippen molar-refractivity contribution >= 4 is 37.0 Å². The lowest BCUT2D eigenvalue weighted by atomic mass is 10.1. The third-order valence-electron chi connectivity index (χ3n) is 5.99. The molecule has 1 aliphatic carbocycles. The molecule has 3 aromatic rings. The Balaban J connectivity index is 1.65. The summed E-state index contributed by atoms with van der Waals surface area (Å²) in [7, 11) is -7.67. The summed E-state index contributed by atoms with van der Waals surface area (Å²) in [5.41, 5.74) is -0.583. The van der Waals surface area contributed by atoms with Crippen LogP contribution in [0, 0.1) is 0 Å². The predicted molar refractivity (Wildman–Crippen MR) is 115 cm³/mol.